The minimum absolute atomic E-state index is 0.208. The van der Waals surface area contributed by atoms with Crippen LogP contribution in [0.25, 0.3) is 6.08 Å². The lowest BCUT2D eigenvalue weighted by atomic mass is 10.1. The van der Waals surface area contributed by atoms with Gasteiger partial charge in [0.1, 0.15) is 5.75 Å². The standard InChI is InChI=1S/C16H16N2O3S/c1-22(19,20)18-15-9-11-7-8-14(17)13(11)10-16(15)21-12-5-3-2-4-6-12/h2-10,14,18H,17H2,1H3. The van der Waals surface area contributed by atoms with Crippen LogP contribution in [0, 0.1) is 0 Å². The lowest BCUT2D eigenvalue weighted by Gasteiger charge is -2.15. The van der Waals surface area contributed by atoms with E-state index in [0.717, 1.165) is 17.4 Å². The van der Waals surface area contributed by atoms with Gasteiger partial charge in [-0.3, -0.25) is 4.72 Å². The molecule has 0 heterocycles. The normalized spacial score (nSPS) is 16.4. The highest BCUT2D eigenvalue weighted by Gasteiger charge is 2.19. The molecule has 1 aliphatic rings. The summed E-state index contributed by atoms with van der Waals surface area (Å²) in [5, 5.41) is 0. The molecule has 2 aromatic rings. The van der Waals surface area contributed by atoms with Gasteiger partial charge >= 0.3 is 0 Å². The minimum Gasteiger partial charge on any atom is -0.455 e. The van der Waals surface area contributed by atoms with Crippen LogP contribution < -0.4 is 15.2 Å². The summed E-state index contributed by atoms with van der Waals surface area (Å²) in [6.07, 6.45) is 4.84. The molecular formula is C16H16N2O3S. The van der Waals surface area contributed by atoms with E-state index in [4.69, 9.17) is 10.5 Å². The fraction of sp³-hybridized carbons (Fsp3) is 0.125. The highest BCUT2D eigenvalue weighted by atomic mass is 32.2. The predicted octanol–water partition coefficient (Wildman–Crippen LogP) is 2.88. The van der Waals surface area contributed by atoms with Gasteiger partial charge in [-0.1, -0.05) is 30.4 Å². The zero-order valence-electron chi connectivity index (χ0n) is 12.0. The fourth-order valence-corrected chi connectivity index (χ4v) is 2.89. The van der Waals surface area contributed by atoms with Gasteiger partial charge in [0.2, 0.25) is 10.0 Å². The zero-order valence-corrected chi connectivity index (χ0v) is 12.8. The van der Waals surface area contributed by atoms with Crippen molar-refractivity contribution in [1.82, 2.24) is 0 Å². The Morgan fingerprint density at radius 2 is 1.91 bits per heavy atom. The van der Waals surface area contributed by atoms with E-state index in [-0.39, 0.29) is 6.04 Å². The maximum atomic E-state index is 11.6. The van der Waals surface area contributed by atoms with E-state index >= 15 is 0 Å². The van der Waals surface area contributed by atoms with Crippen LogP contribution >= 0.6 is 0 Å². The van der Waals surface area contributed by atoms with Crippen LogP contribution in [0.5, 0.6) is 11.5 Å². The maximum absolute atomic E-state index is 11.6. The van der Waals surface area contributed by atoms with Gasteiger partial charge in [-0.15, -0.1) is 0 Å². The second kappa shape index (κ2) is 5.47. The molecule has 0 bridgehead atoms. The van der Waals surface area contributed by atoms with Gasteiger partial charge in [0.15, 0.2) is 5.75 Å². The summed E-state index contributed by atoms with van der Waals surface area (Å²) in [5.41, 5.74) is 8.19. The first-order valence-electron chi connectivity index (χ1n) is 6.75. The van der Waals surface area contributed by atoms with Gasteiger partial charge < -0.3 is 10.5 Å². The van der Waals surface area contributed by atoms with Gasteiger partial charge in [0.05, 0.1) is 11.9 Å². The highest BCUT2D eigenvalue weighted by molar-refractivity contribution is 7.92. The van der Waals surface area contributed by atoms with Crippen LogP contribution in [0.2, 0.25) is 0 Å². The van der Waals surface area contributed by atoms with Crippen LogP contribution in [-0.4, -0.2) is 14.7 Å². The van der Waals surface area contributed by atoms with E-state index in [9.17, 15) is 8.42 Å². The van der Waals surface area contributed by atoms with Gasteiger partial charge in [0, 0.05) is 6.04 Å². The van der Waals surface area contributed by atoms with Crippen molar-refractivity contribution in [3.05, 3.63) is 59.7 Å². The van der Waals surface area contributed by atoms with Crippen molar-refractivity contribution in [2.45, 2.75) is 6.04 Å². The number of hydrogen-bond donors (Lipinski definition) is 2. The second-order valence-corrected chi connectivity index (χ2v) is 6.90. The molecule has 1 aliphatic carbocycles. The number of fused-ring (bicyclic) bond motifs is 1. The van der Waals surface area contributed by atoms with E-state index in [2.05, 4.69) is 4.72 Å². The Balaban J connectivity index is 2.05. The molecule has 0 saturated carbocycles. The number of ether oxygens (including phenoxy) is 1. The largest absolute Gasteiger partial charge is 0.455 e. The molecule has 0 amide bonds. The molecule has 0 spiro atoms. The van der Waals surface area contributed by atoms with Crippen LogP contribution in [-0.2, 0) is 10.0 Å². The third-order valence-electron chi connectivity index (χ3n) is 3.29. The summed E-state index contributed by atoms with van der Waals surface area (Å²) in [5.74, 6) is 1.05. The summed E-state index contributed by atoms with van der Waals surface area (Å²) in [4.78, 5) is 0. The number of nitrogens with one attached hydrogen (secondary N) is 1. The van der Waals surface area contributed by atoms with Crippen LogP contribution in [0.3, 0.4) is 0 Å². The van der Waals surface area contributed by atoms with E-state index < -0.39 is 10.0 Å². The predicted molar refractivity (Wildman–Crippen MR) is 87.4 cm³/mol. The van der Waals surface area contributed by atoms with Crippen molar-refractivity contribution in [3.8, 4) is 11.5 Å². The molecule has 2 aromatic carbocycles. The highest BCUT2D eigenvalue weighted by Crippen LogP contribution is 2.38. The molecule has 1 atom stereocenters. The summed E-state index contributed by atoms with van der Waals surface area (Å²) in [6.45, 7) is 0. The molecule has 0 radical (unpaired) electrons. The Bertz CT molecular complexity index is 830. The first-order valence-corrected chi connectivity index (χ1v) is 8.64. The Morgan fingerprint density at radius 1 is 1.18 bits per heavy atom. The van der Waals surface area contributed by atoms with E-state index in [1.54, 1.807) is 24.3 Å². The van der Waals surface area contributed by atoms with Crippen LogP contribution in [0.4, 0.5) is 5.69 Å². The van der Waals surface area contributed by atoms with E-state index in [0.29, 0.717) is 17.2 Å². The van der Waals surface area contributed by atoms with Crippen molar-refractivity contribution in [3.63, 3.8) is 0 Å². The van der Waals surface area contributed by atoms with E-state index in [1.165, 1.54) is 0 Å². The molecule has 3 N–H and O–H groups in total. The van der Waals surface area contributed by atoms with Crippen molar-refractivity contribution in [2.75, 3.05) is 11.0 Å². The van der Waals surface area contributed by atoms with Crippen molar-refractivity contribution in [2.24, 2.45) is 5.73 Å². The number of rotatable bonds is 4. The first-order chi connectivity index (χ1) is 10.4. The molecule has 114 valence electrons. The van der Waals surface area contributed by atoms with Gasteiger partial charge in [-0.05, 0) is 35.4 Å². The molecule has 22 heavy (non-hydrogen) atoms. The third-order valence-corrected chi connectivity index (χ3v) is 3.88. The van der Waals surface area contributed by atoms with Crippen LogP contribution in [0.15, 0.2) is 48.5 Å². The SMILES string of the molecule is CS(=O)(=O)Nc1cc2c(cc1Oc1ccccc1)C(N)C=C2. The molecule has 5 nitrogen and oxygen atoms in total. The van der Waals surface area contributed by atoms with Crippen molar-refractivity contribution >= 4 is 21.8 Å². The van der Waals surface area contributed by atoms with E-state index in [1.807, 2.05) is 30.4 Å². The maximum Gasteiger partial charge on any atom is 0.229 e. The van der Waals surface area contributed by atoms with Gasteiger partial charge in [-0.25, -0.2) is 8.42 Å². The molecule has 1 unspecified atom stereocenters. The summed E-state index contributed by atoms with van der Waals surface area (Å²) in [7, 11) is -3.41. The summed E-state index contributed by atoms with van der Waals surface area (Å²) in [6, 6.07) is 12.5. The quantitative estimate of drug-likeness (QED) is 0.908. The fourth-order valence-electron chi connectivity index (χ4n) is 2.34. The molecule has 0 aromatic heterocycles. The molecular weight excluding hydrogens is 300 g/mol. The molecule has 3 rings (SSSR count). The van der Waals surface area contributed by atoms with Gasteiger partial charge in [-0.2, -0.15) is 0 Å². The minimum atomic E-state index is -3.41. The molecule has 0 aliphatic heterocycles. The Kier molecular flexibility index (Phi) is 3.64. The Hall–Kier alpha value is -2.31. The Labute approximate surface area is 129 Å². The molecule has 6 heteroatoms. The third kappa shape index (κ3) is 3.13. The number of para-hydroxylation sites is 1. The Morgan fingerprint density at radius 3 is 2.59 bits per heavy atom. The monoisotopic (exact) mass is 316 g/mol. The number of hydrogen-bond acceptors (Lipinski definition) is 4. The molecule has 0 fully saturated rings. The lowest BCUT2D eigenvalue weighted by Crippen LogP contribution is -2.11. The summed E-state index contributed by atoms with van der Waals surface area (Å²) >= 11 is 0. The molecule has 0 saturated heterocycles. The number of anilines is 1. The second-order valence-electron chi connectivity index (χ2n) is 5.15. The number of nitrogens with two attached hydrogens (primary N) is 1. The van der Waals surface area contributed by atoms with Crippen molar-refractivity contribution in [1.29, 1.82) is 0 Å². The smallest absolute Gasteiger partial charge is 0.229 e. The number of sulfonamides is 1. The van der Waals surface area contributed by atoms with Crippen LogP contribution in [0.1, 0.15) is 17.2 Å². The zero-order chi connectivity index (χ0) is 15.7. The lowest BCUT2D eigenvalue weighted by molar-refractivity contribution is 0.484. The summed E-state index contributed by atoms with van der Waals surface area (Å²) < 4.78 is 31.4. The topological polar surface area (TPSA) is 81.4 Å². The average molecular weight is 316 g/mol. The first kappa shape index (κ1) is 14.6. The van der Waals surface area contributed by atoms with Crippen molar-refractivity contribution < 1.29 is 13.2 Å². The number of benzene rings is 2. The average Bonchev–Trinajstić information content (AvgIpc) is 2.80. The van der Waals surface area contributed by atoms with Gasteiger partial charge in [0.25, 0.3) is 0 Å².